The predicted molar refractivity (Wildman–Crippen MR) is 71.9 cm³/mol. The van der Waals surface area contributed by atoms with Gasteiger partial charge in [0.05, 0.1) is 16.4 Å². The first-order chi connectivity index (χ1) is 7.15. The molecule has 1 aromatic carbocycles. The summed E-state index contributed by atoms with van der Waals surface area (Å²) in [4.78, 5) is 0. The highest BCUT2D eigenvalue weighted by atomic mass is 35.5. The summed E-state index contributed by atoms with van der Waals surface area (Å²) in [6, 6.07) is 6.05. The van der Waals surface area contributed by atoms with Gasteiger partial charge < -0.3 is 11.1 Å². The first-order valence-electron chi connectivity index (χ1n) is 5.03. The molecule has 0 fully saturated rings. The fourth-order valence-electron chi connectivity index (χ4n) is 1.26. The summed E-state index contributed by atoms with van der Waals surface area (Å²) in [5.74, 6) is 2.21. The maximum absolute atomic E-state index is 5.93. The SMILES string of the molecule is CCSCC(C)Nc1cccc(Cl)c1N. The fraction of sp³-hybridized carbons (Fsp3) is 0.455. The Morgan fingerprint density at radius 2 is 2.27 bits per heavy atom. The van der Waals surface area contributed by atoms with Gasteiger partial charge in [-0.15, -0.1) is 0 Å². The molecule has 0 bridgehead atoms. The Labute approximate surface area is 101 Å². The van der Waals surface area contributed by atoms with Crippen LogP contribution in [0.3, 0.4) is 0 Å². The average Bonchev–Trinajstić information content (AvgIpc) is 2.22. The summed E-state index contributed by atoms with van der Waals surface area (Å²) in [6.07, 6.45) is 0. The third-order valence-corrected chi connectivity index (χ3v) is 3.50. The molecule has 2 nitrogen and oxygen atoms in total. The smallest absolute Gasteiger partial charge is 0.0739 e. The van der Waals surface area contributed by atoms with Crippen LogP contribution in [0.15, 0.2) is 18.2 Å². The minimum absolute atomic E-state index is 0.399. The number of nitrogens with one attached hydrogen (secondary N) is 1. The van der Waals surface area contributed by atoms with Crippen LogP contribution >= 0.6 is 23.4 Å². The molecule has 0 aromatic heterocycles. The van der Waals surface area contributed by atoms with Gasteiger partial charge in [0, 0.05) is 11.8 Å². The van der Waals surface area contributed by atoms with Gasteiger partial charge in [-0.25, -0.2) is 0 Å². The number of halogens is 1. The van der Waals surface area contributed by atoms with Crippen LogP contribution in [-0.4, -0.2) is 17.5 Å². The van der Waals surface area contributed by atoms with Gasteiger partial charge in [0.15, 0.2) is 0 Å². The van der Waals surface area contributed by atoms with Crippen molar-refractivity contribution in [1.82, 2.24) is 0 Å². The highest BCUT2D eigenvalue weighted by Gasteiger charge is 2.06. The van der Waals surface area contributed by atoms with Crippen molar-refractivity contribution in [1.29, 1.82) is 0 Å². The summed E-state index contributed by atoms with van der Waals surface area (Å²) in [5.41, 5.74) is 7.41. The summed E-state index contributed by atoms with van der Waals surface area (Å²) >= 11 is 7.84. The van der Waals surface area contributed by atoms with E-state index >= 15 is 0 Å². The molecule has 1 unspecified atom stereocenters. The van der Waals surface area contributed by atoms with Crippen LogP contribution in [0.25, 0.3) is 0 Å². The standard InChI is InChI=1S/C11H17ClN2S/c1-3-15-7-8(2)14-10-6-4-5-9(12)11(10)13/h4-6,8,14H,3,7,13H2,1-2H3. The van der Waals surface area contributed by atoms with Crippen LogP contribution in [0.4, 0.5) is 11.4 Å². The van der Waals surface area contributed by atoms with Crippen molar-refractivity contribution in [2.24, 2.45) is 0 Å². The zero-order valence-corrected chi connectivity index (χ0v) is 10.7. The second-order valence-corrected chi connectivity index (χ2v) is 5.13. The van der Waals surface area contributed by atoms with Gasteiger partial charge >= 0.3 is 0 Å². The highest BCUT2D eigenvalue weighted by molar-refractivity contribution is 7.99. The molecule has 0 aliphatic rings. The molecule has 15 heavy (non-hydrogen) atoms. The second kappa shape index (κ2) is 6.13. The van der Waals surface area contributed by atoms with Crippen molar-refractivity contribution in [2.75, 3.05) is 22.6 Å². The van der Waals surface area contributed by atoms with Crippen molar-refractivity contribution in [3.05, 3.63) is 23.2 Å². The average molecular weight is 245 g/mol. The lowest BCUT2D eigenvalue weighted by Crippen LogP contribution is -2.18. The lowest BCUT2D eigenvalue weighted by atomic mass is 10.2. The van der Waals surface area contributed by atoms with Crippen LogP contribution in [0, 0.1) is 0 Å². The van der Waals surface area contributed by atoms with E-state index in [4.69, 9.17) is 17.3 Å². The van der Waals surface area contributed by atoms with E-state index in [0.29, 0.717) is 16.8 Å². The largest absolute Gasteiger partial charge is 0.396 e. The van der Waals surface area contributed by atoms with Crippen LogP contribution in [-0.2, 0) is 0 Å². The van der Waals surface area contributed by atoms with Gasteiger partial charge in [-0.05, 0) is 24.8 Å². The second-order valence-electron chi connectivity index (χ2n) is 3.41. The lowest BCUT2D eigenvalue weighted by Gasteiger charge is -2.16. The zero-order valence-electron chi connectivity index (χ0n) is 9.09. The van der Waals surface area contributed by atoms with Crippen LogP contribution < -0.4 is 11.1 Å². The van der Waals surface area contributed by atoms with E-state index in [1.807, 2.05) is 23.9 Å². The van der Waals surface area contributed by atoms with E-state index in [1.54, 1.807) is 6.07 Å². The summed E-state index contributed by atoms with van der Waals surface area (Å²) < 4.78 is 0. The highest BCUT2D eigenvalue weighted by Crippen LogP contribution is 2.27. The number of benzene rings is 1. The maximum Gasteiger partial charge on any atom is 0.0739 e. The molecule has 0 aliphatic carbocycles. The molecule has 1 rings (SSSR count). The minimum Gasteiger partial charge on any atom is -0.396 e. The fourth-order valence-corrected chi connectivity index (χ4v) is 2.11. The van der Waals surface area contributed by atoms with Gasteiger partial charge in [-0.1, -0.05) is 24.6 Å². The molecule has 1 atom stereocenters. The van der Waals surface area contributed by atoms with E-state index in [0.717, 1.165) is 17.2 Å². The van der Waals surface area contributed by atoms with E-state index in [1.165, 1.54) is 0 Å². The molecule has 0 heterocycles. The molecule has 0 saturated heterocycles. The number of para-hydroxylation sites is 1. The molecule has 0 amide bonds. The molecule has 0 aliphatic heterocycles. The Morgan fingerprint density at radius 3 is 2.93 bits per heavy atom. The van der Waals surface area contributed by atoms with Gasteiger partial charge in [-0.3, -0.25) is 0 Å². The van der Waals surface area contributed by atoms with Crippen LogP contribution in [0.5, 0.6) is 0 Å². The number of anilines is 2. The molecule has 3 N–H and O–H groups in total. The molecular weight excluding hydrogens is 228 g/mol. The Bertz CT molecular complexity index is 317. The number of nitrogen functional groups attached to an aromatic ring is 1. The number of thioether (sulfide) groups is 1. The van der Waals surface area contributed by atoms with E-state index in [-0.39, 0.29) is 0 Å². The normalized spacial score (nSPS) is 12.5. The van der Waals surface area contributed by atoms with Crippen LogP contribution in [0.2, 0.25) is 5.02 Å². The molecule has 0 saturated carbocycles. The van der Waals surface area contributed by atoms with E-state index < -0.39 is 0 Å². The first kappa shape index (κ1) is 12.5. The Balaban J connectivity index is 2.60. The molecule has 84 valence electrons. The molecule has 0 spiro atoms. The van der Waals surface area contributed by atoms with E-state index in [2.05, 4.69) is 19.2 Å². The van der Waals surface area contributed by atoms with Gasteiger partial charge in [0.25, 0.3) is 0 Å². The number of rotatable bonds is 5. The minimum atomic E-state index is 0.399. The zero-order chi connectivity index (χ0) is 11.3. The summed E-state index contributed by atoms with van der Waals surface area (Å²) in [6.45, 7) is 4.30. The number of hydrogen-bond acceptors (Lipinski definition) is 3. The van der Waals surface area contributed by atoms with Crippen molar-refractivity contribution >= 4 is 34.7 Å². The summed E-state index contributed by atoms with van der Waals surface area (Å²) in [5, 5.41) is 3.96. The molecule has 1 aromatic rings. The molecule has 0 radical (unpaired) electrons. The third kappa shape index (κ3) is 3.84. The summed E-state index contributed by atoms with van der Waals surface area (Å²) in [7, 11) is 0. The maximum atomic E-state index is 5.93. The molecular formula is C11H17ClN2S. The predicted octanol–water partition coefficient (Wildman–Crippen LogP) is 3.48. The van der Waals surface area contributed by atoms with Gasteiger partial charge in [-0.2, -0.15) is 11.8 Å². The molecule has 4 heteroatoms. The first-order valence-corrected chi connectivity index (χ1v) is 6.56. The Hall–Kier alpha value is -0.540. The third-order valence-electron chi connectivity index (χ3n) is 2.03. The topological polar surface area (TPSA) is 38.0 Å². The number of nitrogens with two attached hydrogens (primary N) is 1. The Kier molecular flexibility index (Phi) is 5.12. The monoisotopic (exact) mass is 244 g/mol. The quantitative estimate of drug-likeness (QED) is 0.779. The lowest BCUT2D eigenvalue weighted by molar-refractivity contribution is 0.914. The van der Waals surface area contributed by atoms with Gasteiger partial charge in [0.1, 0.15) is 0 Å². The van der Waals surface area contributed by atoms with Gasteiger partial charge in [0.2, 0.25) is 0 Å². The van der Waals surface area contributed by atoms with Crippen molar-refractivity contribution < 1.29 is 0 Å². The van der Waals surface area contributed by atoms with E-state index in [9.17, 15) is 0 Å². The van der Waals surface area contributed by atoms with Crippen LogP contribution in [0.1, 0.15) is 13.8 Å². The number of hydrogen-bond donors (Lipinski definition) is 2. The van der Waals surface area contributed by atoms with Crippen molar-refractivity contribution in [2.45, 2.75) is 19.9 Å². The van der Waals surface area contributed by atoms with Crippen molar-refractivity contribution in [3.8, 4) is 0 Å². The van der Waals surface area contributed by atoms with Crippen molar-refractivity contribution in [3.63, 3.8) is 0 Å². The Morgan fingerprint density at radius 1 is 1.53 bits per heavy atom.